The van der Waals surface area contributed by atoms with Gasteiger partial charge in [-0.1, -0.05) is 25.1 Å². The molecule has 0 radical (unpaired) electrons. The van der Waals surface area contributed by atoms with Gasteiger partial charge in [0.15, 0.2) is 11.6 Å². The highest BCUT2D eigenvalue weighted by molar-refractivity contribution is 5.89. The van der Waals surface area contributed by atoms with E-state index in [2.05, 4.69) is 66.9 Å². The third-order valence-corrected chi connectivity index (χ3v) is 7.15. The molecule has 0 saturated carbocycles. The summed E-state index contributed by atoms with van der Waals surface area (Å²) in [6.07, 6.45) is 3.56. The summed E-state index contributed by atoms with van der Waals surface area (Å²) in [6.45, 7) is 13.4. The average Bonchev–Trinajstić information content (AvgIpc) is 3.57. The highest BCUT2D eigenvalue weighted by Gasteiger charge is 2.29. The quantitative estimate of drug-likeness (QED) is 0.285. The Balaban J connectivity index is 1.25. The van der Waals surface area contributed by atoms with Crippen molar-refractivity contribution in [2.24, 2.45) is 0 Å². The van der Waals surface area contributed by atoms with Gasteiger partial charge in [0.25, 0.3) is 0 Å². The zero-order chi connectivity index (χ0) is 27.7. The number of nitrogens with zero attached hydrogens (tertiary/aromatic N) is 6. The Morgan fingerprint density at radius 3 is 2.46 bits per heavy atom. The van der Waals surface area contributed by atoms with Crippen molar-refractivity contribution in [3.8, 4) is 0 Å². The number of hydrogen-bond donors (Lipinski definition) is 3. The van der Waals surface area contributed by atoms with Crippen LogP contribution in [0.5, 0.6) is 0 Å². The van der Waals surface area contributed by atoms with Crippen LogP contribution in [0.2, 0.25) is 0 Å². The van der Waals surface area contributed by atoms with Crippen molar-refractivity contribution in [2.75, 3.05) is 23.7 Å². The molecule has 4 aromatic rings. The zero-order valence-electron chi connectivity index (χ0n) is 23.3. The van der Waals surface area contributed by atoms with E-state index in [-0.39, 0.29) is 17.7 Å². The van der Waals surface area contributed by atoms with Gasteiger partial charge in [0.2, 0.25) is 5.95 Å². The van der Waals surface area contributed by atoms with Gasteiger partial charge in [-0.15, -0.1) is 0 Å². The van der Waals surface area contributed by atoms with Crippen molar-refractivity contribution in [2.45, 2.75) is 66.2 Å². The van der Waals surface area contributed by atoms with Crippen LogP contribution in [-0.2, 0) is 0 Å². The van der Waals surface area contributed by atoms with Crippen LogP contribution in [0.1, 0.15) is 83.0 Å². The van der Waals surface area contributed by atoms with Crippen LogP contribution < -0.4 is 10.6 Å². The molecule has 204 valence electrons. The number of anilines is 4. The number of likely N-dealkylation sites (tertiary alicyclic amines) is 1. The van der Waals surface area contributed by atoms with Crippen molar-refractivity contribution in [3.05, 3.63) is 64.1 Å². The van der Waals surface area contributed by atoms with Crippen LogP contribution in [-0.4, -0.2) is 54.2 Å². The molecule has 11 heteroatoms. The lowest BCUT2D eigenvalue weighted by molar-refractivity contribution is 0.0662. The van der Waals surface area contributed by atoms with Crippen LogP contribution >= 0.6 is 0 Å². The first-order valence-electron chi connectivity index (χ1n) is 13.3. The Bertz CT molecular complexity index is 1480. The Morgan fingerprint density at radius 1 is 1.03 bits per heavy atom. The normalized spacial score (nSPS) is 14.2. The fourth-order valence-corrected chi connectivity index (χ4v) is 4.85. The van der Waals surface area contributed by atoms with Gasteiger partial charge in [0.05, 0.1) is 0 Å². The summed E-state index contributed by atoms with van der Waals surface area (Å²) in [6, 6.07) is 6.32. The Hall–Kier alpha value is -4.28. The molecule has 3 N–H and O–H groups in total. The summed E-state index contributed by atoms with van der Waals surface area (Å²) in [4.78, 5) is 28.1. The Morgan fingerprint density at radius 2 is 1.79 bits per heavy atom. The summed E-state index contributed by atoms with van der Waals surface area (Å²) in [5.41, 5.74) is 6.48. The average molecular weight is 530 g/mol. The minimum Gasteiger partial charge on any atom is -0.334 e. The second-order valence-corrected chi connectivity index (χ2v) is 10.6. The monoisotopic (exact) mass is 529 g/mol. The molecule has 4 heterocycles. The van der Waals surface area contributed by atoms with Crippen LogP contribution in [0.15, 0.2) is 28.9 Å². The molecule has 5 rings (SSSR count). The van der Waals surface area contributed by atoms with Gasteiger partial charge < -0.3 is 20.1 Å². The van der Waals surface area contributed by atoms with Gasteiger partial charge in [-0.25, -0.2) is 4.98 Å². The van der Waals surface area contributed by atoms with Crippen molar-refractivity contribution in [3.63, 3.8) is 0 Å². The molecule has 1 aromatic carbocycles. The SMILES string of the molecule is Cc1cc(Nc2nc(Nc3cc(C)c(C4CCN(C(=O)c5nc(C(C)C)no5)CC4)cc3C)ncc2C)n[nH]1. The summed E-state index contributed by atoms with van der Waals surface area (Å²) in [7, 11) is 0. The maximum Gasteiger partial charge on any atom is 0.316 e. The van der Waals surface area contributed by atoms with Crippen molar-refractivity contribution >= 4 is 29.2 Å². The maximum atomic E-state index is 12.9. The molecule has 1 fully saturated rings. The number of rotatable bonds is 7. The number of hydrogen-bond acceptors (Lipinski definition) is 9. The summed E-state index contributed by atoms with van der Waals surface area (Å²) in [5.74, 6) is 2.87. The van der Waals surface area contributed by atoms with Crippen LogP contribution in [0, 0.1) is 27.7 Å². The second kappa shape index (κ2) is 10.8. The molecule has 0 aliphatic carbocycles. The molecule has 0 spiro atoms. The van der Waals surface area contributed by atoms with E-state index in [1.54, 1.807) is 6.20 Å². The van der Waals surface area contributed by atoms with Crippen LogP contribution in [0.3, 0.4) is 0 Å². The molecule has 0 atom stereocenters. The number of aryl methyl sites for hydroxylation is 4. The van der Waals surface area contributed by atoms with E-state index in [1.807, 2.05) is 38.7 Å². The fourth-order valence-electron chi connectivity index (χ4n) is 4.85. The lowest BCUT2D eigenvalue weighted by atomic mass is 9.85. The maximum absolute atomic E-state index is 12.9. The molecule has 11 nitrogen and oxygen atoms in total. The predicted molar refractivity (Wildman–Crippen MR) is 149 cm³/mol. The number of amides is 1. The number of aromatic amines is 1. The summed E-state index contributed by atoms with van der Waals surface area (Å²) < 4.78 is 5.22. The number of H-pyrrole nitrogens is 1. The van der Waals surface area contributed by atoms with Gasteiger partial charge in [0.1, 0.15) is 5.82 Å². The number of nitrogens with one attached hydrogen (secondary N) is 3. The van der Waals surface area contributed by atoms with E-state index in [9.17, 15) is 4.79 Å². The molecule has 1 aliphatic rings. The van der Waals surface area contributed by atoms with Crippen LogP contribution in [0.25, 0.3) is 0 Å². The number of benzene rings is 1. The third kappa shape index (κ3) is 5.76. The van der Waals surface area contributed by atoms with E-state index in [1.165, 1.54) is 11.1 Å². The highest BCUT2D eigenvalue weighted by atomic mass is 16.5. The van der Waals surface area contributed by atoms with Crippen molar-refractivity contribution in [1.82, 2.24) is 35.2 Å². The molecule has 0 unspecified atom stereocenters. The van der Waals surface area contributed by atoms with E-state index in [0.717, 1.165) is 35.3 Å². The topological polar surface area (TPSA) is 138 Å². The first-order chi connectivity index (χ1) is 18.7. The molecule has 1 amide bonds. The first kappa shape index (κ1) is 26.3. The molecule has 1 saturated heterocycles. The minimum atomic E-state index is -0.185. The van der Waals surface area contributed by atoms with E-state index in [0.29, 0.717) is 42.4 Å². The van der Waals surface area contributed by atoms with Crippen molar-refractivity contribution < 1.29 is 9.32 Å². The molecular weight excluding hydrogens is 494 g/mol. The fraction of sp³-hybridized carbons (Fsp3) is 0.429. The van der Waals surface area contributed by atoms with Crippen molar-refractivity contribution in [1.29, 1.82) is 0 Å². The molecular formula is C28H35N9O2. The molecule has 0 bridgehead atoms. The zero-order valence-corrected chi connectivity index (χ0v) is 23.3. The highest BCUT2D eigenvalue weighted by Crippen LogP contribution is 2.34. The lowest BCUT2D eigenvalue weighted by Gasteiger charge is -2.32. The summed E-state index contributed by atoms with van der Waals surface area (Å²) >= 11 is 0. The Kier molecular flexibility index (Phi) is 7.32. The number of carbonyl (C=O) groups is 1. The second-order valence-electron chi connectivity index (χ2n) is 10.6. The van der Waals surface area contributed by atoms with Gasteiger partial charge >= 0.3 is 11.8 Å². The molecule has 3 aromatic heterocycles. The smallest absolute Gasteiger partial charge is 0.316 e. The lowest BCUT2D eigenvalue weighted by Crippen LogP contribution is -2.38. The summed E-state index contributed by atoms with van der Waals surface area (Å²) in [5, 5.41) is 17.7. The largest absolute Gasteiger partial charge is 0.334 e. The van der Waals surface area contributed by atoms with Gasteiger partial charge in [-0.2, -0.15) is 15.1 Å². The van der Waals surface area contributed by atoms with E-state index < -0.39 is 0 Å². The standard InChI is InChI=1S/C28H35N9O2/c1-15(2)24-32-26(39-36-24)27(38)37-9-7-20(8-10-37)21-11-17(4)22(12-16(21)3)30-28-29-14-18(5)25(33-28)31-23-13-19(6)34-35-23/h11-15,20H,7-10H2,1-6H3,(H3,29,30,31,33,34,35). The number of aromatic nitrogens is 6. The van der Waals surface area contributed by atoms with Crippen LogP contribution in [0.4, 0.5) is 23.3 Å². The van der Waals surface area contributed by atoms with Gasteiger partial charge in [-0.3, -0.25) is 9.89 Å². The third-order valence-electron chi connectivity index (χ3n) is 7.15. The molecule has 39 heavy (non-hydrogen) atoms. The molecule has 1 aliphatic heterocycles. The predicted octanol–water partition coefficient (Wildman–Crippen LogP) is 5.45. The number of piperidine rings is 1. The first-order valence-corrected chi connectivity index (χ1v) is 13.3. The number of carbonyl (C=O) groups excluding carboxylic acids is 1. The van der Waals surface area contributed by atoms with E-state index in [4.69, 9.17) is 4.52 Å². The van der Waals surface area contributed by atoms with Gasteiger partial charge in [-0.05, 0) is 69.2 Å². The minimum absolute atomic E-state index is 0.0794. The van der Waals surface area contributed by atoms with Gasteiger partial charge in [0, 0.05) is 48.2 Å². The van der Waals surface area contributed by atoms with E-state index >= 15 is 0 Å². The Labute approximate surface area is 227 Å².